The zero-order valence-corrected chi connectivity index (χ0v) is 8.11. The standard InChI is InChI=1S/C10H9FN4/c1-12-9-6-13-15-10(14-9)7-4-2-3-5-8(7)11/h2-6H,1H3,(H,12,14,15). The summed E-state index contributed by atoms with van der Waals surface area (Å²) in [7, 11) is 1.72. The van der Waals surface area contributed by atoms with Gasteiger partial charge >= 0.3 is 0 Å². The van der Waals surface area contributed by atoms with E-state index in [1.54, 1.807) is 25.2 Å². The number of nitrogens with one attached hydrogen (secondary N) is 1. The van der Waals surface area contributed by atoms with Gasteiger partial charge in [0.05, 0.1) is 11.8 Å². The monoisotopic (exact) mass is 204 g/mol. The third-order valence-corrected chi connectivity index (χ3v) is 1.93. The lowest BCUT2D eigenvalue weighted by Crippen LogP contribution is -1.99. The van der Waals surface area contributed by atoms with E-state index in [4.69, 9.17) is 0 Å². The maximum atomic E-state index is 13.4. The van der Waals surface area contributed by atoms with Crippen LogP contribution in [-0.4, -0.2) is 22.2 Å². The van der Waals surface area contributed by atoms with Crippen LogP contribution in [0.1, 0.15) is 0 Å². The van der Waals surface area contributed by atoms with Crippen LogP contribution in [0.4, 0.5) is 10.2 Å². The number of nitrogens with zero attached hydrogens (tertiary/aromatic N) is 3. The maximum Gasteiger partial charge on any atom is 0.186 e. The number of benzene rings is 1. The van der Waals surface area contributed by atoms with Gasteiger partial charge in [0.1, 0.15) is 11.6 Å². The molecule has 0 radical (unpaired) electrons. The predicted molar refractivity (Wildman–Crippen MR) is 54.8 cm³/mol. The maximum absolute atomic E-state index is 13.4. The van der Waals surface area contributed by atoms with Crippen molar-refractivity contribution in [3.63, 3.8) is 0 Å². The molecule has 0 aliphatic rings. The van der Waals surface area contributed by atoms with Gasteiger partial charge in [-0.25, -0.2) is 9.37 Å². The van der Waals surface area contributed by atoms with E-state index in [0.29, 0.717) is 11.4 Å². The second-order valence-corrected chi connectivity index (χ2v) is 2.90. The van der Waals surface area contributed by atoms with Crippen LogP contribution in [0.25, 0.3) is 11.4 Å². The minimum absolute atomic E-state index is 0.278. The van der Waals surface area contributed by atoms with E-state index < -0.39 is 0 Å². The number of hydrogen-bond acceptors (Lipinski definition) is 4. The number of anilines is 1. The van der Waals surface area contributed by atoms with E-state index in [9.17, 15) is 4.39 Å². The third kappa shape index (κ3) is 1.90. The first-order valence-corrected chi connectivity index (χ1v) is 4.43. The second-order valence-electron chi connectivity index (χ2n) is 2.90. The van der Waals surface area contributed by atoms with E-state index in [2.05, 4.69) is 20.5 Å². The van der Waals surface area contributed by atoms with E-state index in [1.807, 2.05) is 0 Å². The Bertz CT molecular complexity index is 472. The molecule has 0 saturated carbocycles. The molecule has 0 aliphatic heterocycles. The smallest absolute Gasteiger partial charge is 0.186 e. The van der Waals surface area contributed by atoms with Gasteiger partial charge in [0.25, 0.3) is 0 Å². The third-order valence-electron chi connectivity index (χ3n) is 1.93. The van der Waals surface area contributed by atoms with Gasteiger partial charge in [0.15, 0.2) is 5.82 Å². The van der Waals surface area contributed by atoms with Gasteiger partial charge in [-0.05, 0) is 12.1 Å². The van der Waals surface area contributed by atoms with Crippen LogP contribution < -0.4 is 5.32 Å². The summed E-state index contributed by atoms with van der Waals surface area (Å²) in [5.41, 5.74) is 0.349. The Kier molecular flexibility index (Phi) is 2.53. The molecule has 0 spiro atoms. The Hall–Kier alpha value is -2.04. The minimum Gasteiger partial charge on any atom is -0.372 e. The molecule has 5 heteroatoms. The average molecular weight is 204 g/mol. The lowest BCUT2D eigenvalue weighted by atomic mass is 10.2. The Morgan fingerprint density at radius 1 is 1.27 bits per heavy atom. The number of aromatic nitrogens is 3. The van der Waals surface area contributed by atoms with Crippen LogP contribution in [-0.2, 0) is 0 Å². The zero-order chi connectivity index (χ0) is 10.7. The Balaban J connectivity index is 2.49. The number of rotatable bonds is 2. The van der Waals surface area contributed by atoms with Crippen molar-refractivity contribution in [2.45, 2.75) is 0 Å². The molecule has 0 atom stereocenters. The zero-order valence-electron chi connectivity index (χ0n) is 8.11. The lowest BCUT2D eigenvalue weighted by molar-refractivity contribution is 0.629. The fourth-order valence-electron chi connectivity index (χ4n) is 1.18. The summed E-state index contributed by atoms with van der Waals surface area (Å²) < 4.78 is 13.4. The largest absolute Gasteiger partial charge is 0.372 e. The predicted octanol–water partition coefficient (Wildman–Crippen LogP) is 1.72. The van der Waals surface area contributed by atoms with Crippen molar-refractivity contribution in [2.24, 2.45) is 0 Å². The molecule has 4 nitrogen and oxygen atoms in total. The summed E-state index contributed by atoms with van der Waals surface area (Å²) in [6, 6.07) is 6.33. The van der Waals surface area contributed by atoms with Gasteiger partial charge < -0.3 is 5.32 Å². The van der Waals surface area contributed by atoms with E-state index in [1.165, 1.54) is 12.3 Å². The van der Waals surface area contributed by atoms with Crippen molar-refractivity contribution in [2.75, 3.05) is 12.4 Å². The number of hydrogen-bond donors (Lipinski definition) is 1. The number of halogens is 1. The molecule has 1 aromatic carbocycles. The minimum atomic E-state index is -0.354. The molecule has 2 aromatic rings. The molecule has 0 bridgehead atoms. The quantitative estimate of drug-likeness (QED) is 0.809. The average Bonchev–Trinajstić information content (AvgIpc) is 2.30. The van der Waals surface area contributed by atoms with Crippen LogP contribution >= 0.6 is 0 Å². The van der Waals surface area contributed by atoms with Crippen molar-refractivity contribution in [3.05, 3.63) is 36.3 Å². The molecule has 76 valence electrons. The highest BCUT2D eigenvalue weighted by Gasteiger charge is 2.07. The summed E-state index contributed by atoms with van der Waals surface area (Å²) in [6.45, 7) is 0. The second kappa shape index (κ2) is 4.00. The molecule has 1 N–H and O–H groups in total. The van der Waals surface area contributed by atoms with Crippen LogP contribution in [0, 0.1) is 5.82 Å². The molecular formula is C10H9FN4. The first kappa shape index (κ1) is 9.51. The summed E-state index contributed by atoms with van der Waals surface area (Å²) in [4.78, 5) is 4.10. The van der Waals surface area contributed by atoms with Crippen LogP contribution in [0.15, 0.2) is 30.5 Å². The molecule has 0 amide bonds. The molecule has 1 aromatic heterocycles. The van der Waals surface area contributed by atoms with Gasteiger partial charge in [0, 0.05) is 7.05 Å². The fourth-order valence-corrected chi connectivity index (χ4v) is 1.18. The molecule has 1 heterocycles. The summed E-state index contributed by atoms with van der Waals surface area (Å²) in [6.07, 6.45) is 1.48. The first-order chi connectivity index (χ1) is 7.31. The van der Waals surface area contributed by atoms with Crippen LogP contribution in [0.3, 0.4) is 0 Å². The van der Waals surface area contributed by atoms with Gasteiger partial charge in [-0.3, -0.25) is 0 Å². The van der Waals surface area contributed by atoms with Crippen LogP contribution in [0.2, 0.25) is 0 Å². The molecule has 2 rings (SSSR count). The van der Waals surface area contributed by atoms with Crippen molar-refractivity contribution >= 4 is 5.82 Å². The van der Waals surface area contributed by atoms with Crippen molar-refractivity contribution in [1.82, 2.24) is 15.2 Å². The van der Waals surface area contributed by atoms with Crippen LogP contribution in [0.5, 0.6) is 0 Å². The van der Waals surface area contributed by atoms with E-state index in [-0.39, 0.29) is 11.6 Å². The summed E-state index contributed by atoms with van der Waals surface area (Å²) in [5.74, 6) is 0.482. The highest BCUT2D eigenvalue weighted by Crippen LogP contribution is 2.18. The normalized spacial score (nSPS) is 10.0. The summed E-state index contributed by atoms with van der Waals surface area (Å²) in [5, 5.41) is 10.3. The van der Waals surface area contributed by atoms with Gasteiger partial charge in [-0.2, -0.15) is 5.10 Å². The molecule has 0 unspecified atom stereocenters. The van der Waals surface area contributed by atoms with Crippen molar-refractivity contribution in [3.8, 4) is 11.4 Å². The summed E-state index contributed by atoms with van der Waals surface area (Å²) >= 11 is 0. The van der Waals surface area contributed by atoms with Gasteiger partial charge in [-0.1, -0.05) is 12.1 Å². The fraction of sp³-hybridized carbons (Fsp3) is 0.100. The first-order valence-electron chi connectivity index (χ1n) is 4.43. The Morgan fingerprint density at radius 3 is 2.80 bits per heavy atom. The van der Waals surface area contributed by atoms with Gasteiger partial charge in [0.2, 0.25) is 0 Å². The lowest BCUT2D eigenvalue weighted by Gasteiger charge is -2.02. The van der Waals surface area contributed by atoms with E-state index >= 15 is 0 Å². The Morgan fingerprint density at radius 2 is 2.07 bits per heavy atom. The van der Waals surface area contributed by atoms with Crippen molar-refractivity contribution < 1.29 is 4.39 Å². The highest BCUT2D eigenvalue weighted by molar-refractivity contribution is 5.56. The molecule has 15 heavy (non-hydrogen) atoms. The topological polar surface area (TPSA) is 50.7 Å². The van der Waals surface area contributed by atoms with Crippen molar-refractivity contribution in [1.29, 1.82) is 0 Å². The Labute approximate surface area is 86.2 Å². The van der Waals surface area contributed by atoms with E-state index in [0.717, 1.165) is 0 Å². The SMILES string of the molecule is CNc1cnnc(-c2ccccc2F)n1. The molecule has 0 aliphatic carbocycles. The highest BCUT2D eigenvalue weighted by atomic mass is 19.1. The molecule has 0 fully saturated rings. The van der Waals surface area contributed by atoms with Gasteiger partial charge in [-0.15, -0.1) is 5.10 Å². The molecule has 0 saturated heterocycles. The molecular weight excluding hydrogens is 195 g/mol.